The molecule has 0 saturated carbocycles. The van der Waals surface area contributed by atoms with Crippen molar-refractivity contribution in [2.24, 2.45) is 0 Å². The van der Waals surface area contributed by atoms with E-state index in [9.17, 15) is 4.79 Å². The number of rotatable bonds is 12. The minimum atomic E-state index is -0.359. The standard InChI is InChI=1S/C29H36O3/c1-4-6-8-9-10-22(3)24-11-12-26-21-28(18-15-25(26)20-24)32-29(30)23-13-16-27(17-14-23)31-19-7-5-2/h11-18,20-22H,4-10,19H2,1-3H3/t22-/m1/s1. The summed E-state index contributed by atoms with van der Waals surface area (Å²) in [5.41, 5.74) is 1.89. The maximum Gasteiger partial charge on any atom is 0.343 e. The average Bonchev–Trinajstić information content (AvgIpc) is 2.82. The molecule has 0 N–H and O–H groups in total. The molecule has 0 amide bonds. The van der Waals surface area contributed by atoms with E-state index in [0.29, 0.717) is 23.8 Å². The van der Waals surface area contributed by atoms with Gasteiger partial charge in [-0.1, -0.05) is 77.1 Å². The van der Waals surface area contributed by atoms with E-state index in [1.807, 2.05) is 30.3 Å². The molecule has 0 unspecified atom stereocenters. The lowest BCUT2D eigenvalue weighted by molar-refractivity contribution is 0.0735. The van der Waals surface area contributed by atoms with Crippen LogP contribution in [0.4, 0.5) is 0 Å². The van der Waals surface area contributed by atoms with E-state index in [4.69, 9.17) is 9.47 Å². The van der Waals surface area contributed by atoms with E-state index in [1.54, 1.807) is 12.1 Å². The smallest absolute Gasteiger partial charge is 0.343 e. The lowest BCUT2D eigenvalue weighted by atomic mass is 9.93. The summed E-state index contributed by atoms with van der Waals surface area (Å²) in [5.74, 6) is 1.53. The van der Waals surface area contributed by atoms with Crippen molar-refractivity contribution in [2.45, 2.75) is 71.6 Å². The summed E-state index contributed by atoms with van der Waals surface area (Å²) in [4.78, 5) is 12.5. The summed E-state index contributed by atoms with van der Waals surface area (Å²) in [7, 11) is 0. The monoisotopic (exact) mass is 432 g/mol. The molecule has 32 heavy (non-hydrogen) atoms. The van der Waals surface area contributed by atoms with Crippen LogP contribution in [-0.4, -0.2) is 12.6 Å². The topological polar surface area (TPSA) is 35.5 Å². The van der Waals surface area contributed by atoms with Gasteiger partial charge in [0.2, 0.25) is 0 Å². The van der Waals surface area contributed by atoms with Crippen molar-refractivity contribution in [1.29, 1.82) is 0 Å². The summed E-state index contributed by atoms with van der Waals surface area (Å²) < 4.78 is 11.3. The number of hydrogen-bond acceptors (Lipinski definition) is 3. The van der Waals surface area contributed by atoms with E-state index in [1.165, 1.54) is 43.1 Å². The molecule has 0 radical (unpaired) electrons. The van der Waals surface area contributed by atoms with Gasteiger partial charge in [-0.05, 0) is 71.5 Å². The number of fused-ring (bicyclic) bond motifs is 1. The van der Waals surface area contributed by atoms with Crippen LogP contribution < -0.4 is 9.47 Å². The van der Waals surface area contributed by atoms with Crippen molar-refractivity contribution in [3.8, 4) is 11.5 Å². The Balaban J connectivity index is 1.61. The van der Waals surface area contributed by atoms with Gasteiger partial charge in [-0.3, -0.25) is 0 Å². The molecular weight excluding hydrogens is 396 g/mol. The van der Waals surface area contributed by atoms with Crippen LogP contribution in [0.5, 0.6) is 11.5 Å². The first-order chi connectivity index (χ1) is 15.6. The van der Waals surface area contributed by atoms with Gasteiger partial charge in [0.25, 0.3) is 0 Å². The number of unbranched alkanes of at least 4 members (excludes halogenated alkanes) is 4. The van der Waals surface area contributed by atoms with Gasteiger partial charge >= 0.3 is 5.97 Å². The Morgan fingerprint density at radius 2 is 1.47 bits per heavy atom. The van der Waals surface area contributed by atoms with Gasteiger partial charge < -0.3 is 9.47 Å². The number of ether oxygens (including phenoxy) is 2. The number of benzene rings is 3. The first-order valence-corrected chi connectivity index (χ1v) is 12.1. The molecule has 170 valence electrons. The highest BCUT2D eigenvalue weighted by molar-refractivity contribution is 5.92. The molecule has 0 spiro atoms. The van der Waals surface area contributed by atoms with Gasteiger partial charge in [0.15, 0.2) is 0 Å². The molecule has 0 aliphatic heterocycles. The van der Waals surface area contributed by atoms with E-state index in [0.717, 1.165) is 24.0 Å². The third kappa shape index (κ3) is 6.85. The molecule has 3 nitrogen and oxygen atoms in total. The SMILES string of the molecule is CCCCCC[C@@H](C)c1ccc2cc(OC(=O)c3ccc(OCCCC)cc3)ccc2c1. The minimum Gasteiger partial charge on any atom is -0.494 e. The molecule has 0 aliphatic carbocycles. The van der Waals surface area contributed by atoms with Crippen LogP contribution in [0, 0.1) is 0 Å². The normalized spacial score (nSPS) is 12.0. The average molecular weight is 433 g/mol. The van der Waals surface area contributed by atoms with Gasteiger partial charge in [-0.2, -0.15) is 0 Å². The van der Waals surface area contributed by atoms with Crippen molar-refractivity contribution in [3.05, 3.63) is 71.8 Å². The summed E-state index contributed by atoms with van der Waals surface area (Å²) in [6.07, 6.45) is 8.54. The summed E-state index contributed by atoms with van der Waals surface area (Å²) in [5, 5.41) is 2.26. The fourth-order valence-corrected chi connectivity index (χ4v) is 3.84. The first kappa shape index (κ1) is 23.8. The molecule has 0 saturated heterocycles. The van der Waals surface area contributed by atoms with E-state index in [2.05, 4.69) is 39.0 Å². The number of hydrogen-bond donors (Lipinski definition) is 0. The molecule has 3 rings (SSSR count). The van der Waals surface area contributed by atoms with E-state index >= 15 is 0 Å². The third-order valence-corrected chi connectivity index (χ3v) is 5.96. The zero-order valence-electron chi connectivity index (χ0n) is 19.7. The van der Waals surface area contributed by atoms with Gasteiger partial charge in [0.05, 0.1) is 12.2 Å². The Morgan fingerprint density at radius 3 is 2.22 bits per heavy atom. The second-order valence-electron chi connectivity index (χ2n) is 8.63. The van der Waals surface area contributed by atoms with Gasteiger partial charge in [-0.25, -0.2) is 4.79 Å². The van der Waals surface area contributed by atoms with Crippen molar-refractivity contribution >= 4 is 16.7 Å². The lowest BCUT2D eigenvalue weighted by Crippen LogP contribution is -2.08. The maximum absolute atomic E-state index is 12.5. The zero-order chi connectivity index (χ0) is 22.8. The van der Waals surface area contributed by atoms with Gasteiger partial charge in [0.1, 0.15) is 11.5 Å². The minimum absolute atomic E-state index is 0.359. The molecule has 1 atom stereocenters. The predicted molar refractivity (Wildman–Crippen MR) is 133 cm³/mol. The Labute approximate surface area is 192 Å². The fraction of sp³-hybridized carbons (Fsp3) is 0.414. The molecule has 3 aromatic rings. The molecule has 0 bridgehead atoms. The van der Waals surface area contributed by atoms with Crippen LogP contribution in [0.25, 0.3) is 10.8 Å². The Bertz CT molecular complexity index is 991. The van der Waals surface area contributed by atoms with E-state index in [-0.39, 0.29) is 5.97 Å². The van der Waals surface area contributed by atoms with Crippen LogP contribution in [-0.2, 0) is 0 Å². The summed E-state index contributed by atoms with van der Waals surface area (Å²) in [6.45, 7) is 7.38. The molecular formula is C29H36O3. The highest BCUT2D eigenvalue weighted by atomic mass is 16.5. The molecule has 0 aromatic heterocycles. The predicted octanol–water partition coefficient (Wildman–Crippen LogP) is 8.31. The number of carbonyl (C=O) groups excluding carboxylic acids is 1. The van der Waals surface area contributed by atoms with Crippen molar-refractivity contribution < 1.29 is 14.3 Å². The quantitative estimate of drug-likeness (QED) is 0.164. The molecule has 0 fully saturated rings. The summed E-state index contributed by atoms with van der Waals surface area (Å²) in [6, 6.07) is 19.6. The van der Waals surface area contributed by atoms with Gasteiger partial charge in [0, 0.05) is 0 Å². The van der Waals surface area contributed by atoms with Crippen molar-refractivity contribution in [3.63, 3.8) is 0 Å². The van der Waals surface area contributed by atoms with Crippen LogP contribution >= 0.6 is 0 Å². The third-order valence-electron chi connectivity index (χ3n) is 5.96. The van der Waals surface area contributed by atoms with Crippen molar-refractivity contribution in [1.82, 2.24) is 0 Å². The van der Waals surface area contributed by atoms with E-state index < -0.39 is 0 Å². The molecule has 3 aromatic carbocycles. The maximum atomic E-state index is 12.5. The van der Waals surface area contributed by atoms with Crippen LogP contribution in [0.1, 0.15) is 87.6 Å². The lowest BCUT2D eigenvalue weighted by Gasteiger charge is -2.13. The Morgan fingerprint density at radius 1 is 0.781 bits per heavy atom. The van der Waals surface area contributed by atoms with Crippen LogP contribution in [0.2, 0.25) is 0 Å². The van der Waals surface area contributed by atoms with Crippen molar-refractivity contribution in [2.75, 3.05) is 6.61 Å². The fourth-order valence-electron chi connectivity index (χ4n) is 3.84. The Kier molecular flexibility index (Phi) is 9.15. The van der Waals surface area contributed by atoms with Crippen LogP contribution in [0.15, 0.2) is 60.7 Å². The Hall–Kier alpha value is -2.81. The zero-order valence-corrected chi connectivity index (χ0v) is 19.7. The largest absolute Gasteiger partial charge is 0.494 e. The molecule has 0 heterocycles. The second kappa shape index (κ2) is 12.3. The number of carbonyl (C=O) groups is 1. The summed E-state index contributed by atoms with van der Waals surface area (Å²) >= 11 is 0. The molecule has 3 heteroatoms. The number of esters is 1. The molecule has 0 aliphatic rings. The highest BCUT2D eigenvalue weighted by Crippen LogP contribution is 2.28. The van der Waals surface area contributed by atoms with Gasteiger partial charge in [-0.15, -0.1) is 0 Å². The second-order valence-corrected chi connectivity index (χ2v) is 8.63. The highest BCUT2D eigenvalue weighted by Gasteiger charge is 2.11. The van der Waals surface area contributed by atoms with Crippen LogP contribution in [0.3, 0.4) is 0 Å². The first-order valence-electron chi connectivity index (χ1n) is 12.1.